The first-order valence-corrected chi connectivity index (χ1v) is 6.13. The molecule has 0 aliphatic rings. The van der Waals surface area contributed by atoms with E-state index < -0.39 is 11.0 Å². The third kappa shape index (κ3) is 2.20. The van der Waals surface area contributed by atoms with Crippen LogP contribution < -0.4 is 4.90 Å². The summed E-state index contributed by atoms with van der Waals surface area (Å²) in [5.41, 5.74) is 0.396. The van der Waals surface area contributed by atoms with E-state index in [2.05, 4.69) is 15.0 Å². The number of hydrogen-bond donors (Lipinski definition) is 2. The maximum absolute atomic E-state index is 11.6. The number of amides is 1. The van der Waals surface area contributed by atoms with Crippen LogP contribution in [0.2, 0.25) is 0 Å². The van der Waals surface area contributed by atoms with Crippen LogP contribution in [0.1, 0.15) is 0 Å². The monoisotopic (exact) mass is 299 g/mol. The summed E-state index contributed by atoms with van der Waals surface area (Å²) >= 11 is 0. The van der Waals surface area contributed by atoms with E-state index in [0.29, 0.717) is 11.0 Å². The standard InChI is InChI=1S/C13H9N5O4/c19-13(20)17(8-2-1-3-9(6-8)18(21)22)12-10-4-5-14-11(10)15-7-16-12/h1-7H,(H,19,20)(H,14,15,16). The summed E-state index contributed by atoms with van der Waals surface area (Å²) in [5.74, 6) is 0.124. The van der Waals surface area contributed by atoms with E-state index in [4.69, 9.17) is 0 Å². The molecule has 110 valence electrons. The van der Waals surface area contributed by atoms with Gasteiger partial charge in [-0.25, -0.2) is 19.7 Å². The number of carboxylic acid groups (broad SMARTS) is 1. The normalized spacial score (nSPS) is 10.5. The minimum absolute atomic E-state index is 0.124. The van der Waals surface area contributed by atoms with Crippen LogP contribution in [-0.4, -0.2) is 31.1 Å². The first-order valence-electron chi connectivity index (χ1n) is 6.13. The van der Waals surface area contributed by atoms with Gasteiger partial charge in [0.15, 0.2) is 5.82 Å². The van der Waals surface area contributed by atoms with Crippen molar-refractivity contribution in [1.29, 1.82) is 0 Å². The molecule has 0 atom stereocenters. The van der Waals surface area contributed by atoms with E-state index in [1.54, 1.807) is 12.3 Å². The number of H-pyrrole nitrogens is 1. The molecule has 9 nitrogen and oxygen atoms in total. The van der Waals surface area contributed by atoms with Crippen LogP contribution in [0.4, 0.5) is 22.0 Å². The van der Waals surface area contributed by atoms with E-state index in [-0.39, 0.29) is 17.2 Å². The lowest BCUT2D eigenvalue weighted by Gasteiger charge is -2.18. The predicted octanol–water partition coefficient (Wildman–Crippen LogP) is 2.68. The lowest BCUT2D eigenvalue weighted by molar-refractivity contribution is -0.384. The van der Waals surface area contributed by atoms with Gasteiger partial charge in [0, 0.05) is 18.3 Å². The van der Waals surface area contributed by atoms with Crippen LogP contribution in [0.5, 0.6) is 0 Å². The number of nitrogens with one attached hydrogen (secondary N) is 1. The van der Waals surface area contributed by atoms with E-state index in [1.165, 1.54) is 30.6 Å². The highest BCUT2D eigenvalue weighted by molar-refractivity contribution is 6.02. The fourth-order valence-corrected chi connectivity index (χ4v) is 2.11. The van der Waals surface area contributed by atoms with Crippen molar-refractivity contribution in [2.24, 2.45) is 0 Å². The summed E-state index contributed by atoms with van der Waals surface area (Å²) in [4.78, 5) is 33.6. The van der Waals surface area contributed by atoms with Gasteiger partial charge in [-0.3, -0.25) is 10.1 Å². The number of hydrogen-bond acceptors (Lipinski definition) is 5. The number of fused-ring (bicyclic) bond motifs is 1. The Kier molecular flexibility index (Phi) is 3.14. The van der Waals surface area contributed by atoms with Crippen LogP contribution in [0.15, 0.2) is 42.9 Å². The van der Waals surface area contributed by atoms with Gasteiger partial charge in [0.2, 0.25) is 0 Å². The molecule has 0 fully saturated rings. The summed E-state index contributed by atoms with van der Waals surface area (Å²) in [6.45, 7) is 0. The quantitative estimate of drug-likeness (QED) is 0.565. The zero-order valence-corrected chi connectivity index (χ0v) is 11.0. The van der Waals surface area contributed by atoms with Crippen molar-refractivity contribution in [1.82, 2.24) is 15.0 Å². The number of non-ortho nitro benzene ring substituents is 1. The van der Waals surface area contributed by atoms with Crippen molar-refractivity contribution in [3.05, 3.63) is 53.0 Å². The summed E-state index contributed by atoms with van der Waals surface area (Å²) in [6, 6.07) is 6.97. The Morgan fingerprint density at radius 2 is 2.14 bits per heavy atom. The molecular weight excluding hydrogens is 290 g/mol. The van der Waals surface area contributed by atoms with Crippen molar-refractivity contribution in [3.63, 3.8) is 0 Å². The van der Waals surface area contributed by atoms with Gasteiger partial charge in [-0.1, -0.05) is 6.07 Å². The Balaban J connectivity index is 2.19. The summed E-state index contributed by atoms with van der Waals surface area (Å²) in [7, 11) is 0. The largest absolute Gasteiger partial charge is 0.464 e. The van der Waals surface area contributed by atoms with Crippen LogP contribution in [-0.2, 0) is 0 Å². The third-order valence-electron chi connectivity index (χ3n) is 3.03. The highest BCUT2D eigenvalue weighted by Crippen LogP contribution is 2.31. The van der Waals surface area contributed by atoms with Crippen molar-refractivity contribution in [3.8, 4) is 0 Å². The number of rotatable bonds is 3. The van der Waals surface area contributed by atoms with Crippen LogP contribution in [0, 0.1) is 10.1 Å². The molecule has 0 saturated heterocycles. The summed E-state index contributed by atoms with van der Waals surface area (Å²) in [6.07, 6.45) is 1.53. The Hall–Kier alpha value is -3.49. The molecule has 2 aromatic heterocycles. The Bertz CT molecular complexity index is 876. The molecule has 0 aliphatic heterocycles. The lowest BCUT2D eigenvalue weighted by Crippen LogP contribution is -2.25. The zero-order chi connectivity index (χ0) is 15.7. The van der Waals surface area contributed by atoms with Gasteiger partial charge in [-0.2, -0.15) is 0 Å². The molecule has 1 aromatic carbocycles. The highest BCUT2D eigenvalue weighted by Gasteiger charge is 2.23. The zero-order valence-electron chi connectivity index (χ0n) is 11.0. The number of nitro groups is 1. The molecule has 3 aromatic rings. The van der Waals surface area contributed by atoms with E-state index in [9.17, 15) is 20.0 Å². The summed E-state index contributed by atoms with van der Waals surface area (Å²) < 4.78 is 0. The molecule has 3 rings (SSSR count). The average molecular weight is 299 g/mol. The van der Waals surface area contributed by atoms with Crippen LogP contribution >= 0.6 is 0 Å². The maximum Gasteiger partial charge on any atom is 0.417 e. The molecule has 22 heavy (non-hydrogen) atoms. The SMILES string of the molecule is O=C(O)N(c1cccc([N+](=O)[O-])c1)c1ncnc2[nH]ccc12. The molecule has 0 saturated carbocycles. The van der Waals surface area contributed by atoms with Crippen molar-refractivity contribution < 1.29 is 14.8 Å². The first kappa shape index (κ1) is 13.5. The molecule has 0 radical (unpaired) electrons. The Morgan fingerprint density at radius 1 is 1.32 bits per heavy atom. The molecule has 0 unspecified atom stereocenters. The number of anilines is 2. The molecule has 2 heterocycles. The second-order valence-corrected chi connectivity index (χ2v) is 4.33. The fraction of sp³-hybridized carbons (Fsp3) is 0. The minimum atomic E-state index is -1.30. The Morgan fingerprint density at radius 3 is 2.86 bits per heavy atom. The number of nitro benzene ring substituents is 1. The second-order valence-electron chi connectivity index (χ2n) is 4.33. The van der Waals surface area contributed by atoms with Crippen molar-refractivity contribution in [2.75, 3.05) is 4.90 Å². The number of nitrogens with zero attached hydrogens (tertiary/aromatic N) is 4. The lowest BCUT2D eigenvalue weighted by atomic mass is 10.2. The topological polar surface area (TPSA) is 125 Å². The highest BCUT2D eigenvalue weighted by atomic mass is 16.6. The molecule has 9 heteroatoms. The molecule has 0 bridgehead atoms. The smallest absolute Gasteiger partial charge is 0.417 e. The van der Waals surface area contributed by atoms with Gasteiger partial charge in [-0.05, 0) is 12.1 Å². The fourth-order valence-electron chi connectivity index (χ4n) is 2.11. The van der Waals surface area contributed by atoms with Crippen molar-refractivity contribution in [2.45, 2.75) is 0 Å². The molecular formula is C13H9N5O4. The third-order valence-corrected chi connectivity index (χ3v) is 3.03. The molecule has 0 aliphatic carbocycles. The van der Waals surface area contributed by atoms with Gasteiger partial charge in [0.25, 0.3) is 5.69 Å². The van der Waals surface area contributed by atoms with Gasteiger partial charge in [-0.15, -0.1) is 0 Å². The van der Waals surface area contributed by atoms with E-state index in [1.807, 2.05) is 0 Å². The minimum Gasteiger partial charge on any atom is -0.464 e. The Labute approximate surface area is 123 Å². The number of carbonyl (C=O) groups is 1. The van der Waals surface area contributed by atoms with Gasteiger partial charge in [0.05, 0.1) is 16.0 Å². The molecule has 0 spiro atoms. The van der Waals surface area contributed by atoms with Gasteiger partial charge < -0.3 is 10.1 Å². The maximum atomic E-state index is 11.6. The van der Waals surface area contributed by atoms with Crippen molar-refractivity contribution >= 4 is 34.3 Å². The van der Waals surface area contributed by atoms with Gasteiger partial charge in [0.1, 0.15) is 12.0 Å². The predicted molar refractivity (Wildman–Crippen MR) is 77.1 cm³/mol. The van der Waals surface area contributed by atoms with E-state index in [0.717, 1.165) is 4.90 Å². The van der Waals surface area contributed by atoms with E-state index >= 15 is 0 Å². The van der Waals surface area contributed by atoms with Crippen LogP contribution in [0.25, 0.3) is 11.0 Å². The average Bonchev–Trinajstić information content (AvgIpc) is 2.97. The second kappa shape index (κ2) is 5.13. The number of aromatic amines is 1. The van der Waals surface area contributed by atoms with Crippen LogP contribution in [0.3, 0.4) is 0 Å². The molecule has 1 amide bonds. The van der Waals surface area contributed by atoms with Gasteiger partial charge >= 0.3 is 6.09 Å². The number of benzene rings is 1. The number of aromatic nitrogens is 3. The summed E-state index contributed by atoms with van der Waals surface area (Å²) in [5, 5.41) is 20.9. The molecule has 2 N–H and O–H groups in total. The first-order chi connectivity index (χ1) is 10.6.